The zero-order valence-corrected chi connectivity index (χ0v) is 13.8. The van der Waals surface area contributed by atoms with Gasteiger partial charge in [-0.15, -0.1) is 0 Å². The molecule has 1 amide bonds. The first kappa shape index (κ1) is 18.3. The van der Waals surface area contributed by atoms with Crippen LogP contribution in [0, 0.1) is 0 Å². The third kappa shape index (κ3) is 3.57. The van der Waals surface area contributed by atoms with Crippen molar-refractivity contribution in [3.05, 3.63) is 71.8 Å². The van der Waals surface area contributed by atoms with Gasteiger partial charge in [-0.1, -0.05) is 24.3 Å². The summed E-state index contributed by atoms with van der Waals surface area (Å²) in [7, 11) is 0. The van der Waals surface area contributed by atoms with Crippen LogP contribution in [0.25, 0.3) is 22.3 Å². The molecule has 0 aliphatic rings. The maximum absolute atomic E-state index is 13.7. The molecule has 0 saturated heterocycles. The lowest BCUT2D eigenvalue weighted by molar-refractivity contribution is -0.137. The molecule has 0 bridgehead atoms. The minimum atomic E-state index is -4.69. The number of rotatable bonds is 3. The topological polar surface area (TPSA) is 83.6 Å². The summed E-state index contributed by atoms with van der Waals surface area (Å²) in [5, 5.41) is 19.0. The Bertz CT molecular complexity index is 995. The number of phenolic OH excluding ortho intramolecular Hbond substituents is 2. The van der Waals surface area contributed by atoms with Crippen LogP contribution in [0.4, 0.5) is 13.2 Å². The van der Waals surface area contributed by atoms with Gasteiger partial charge in [-0.3, -0.25) is 4.79 Å². The largest absolute Gasteiger partial charge is 0.508 e. The van der Waals surface area contributed by atoms with Crippen molar-refractivity contribution in [3.8, 4) is 33.8 Å². The Morgan fingerprint density at radius 2 is 1.19 bits per heavy atom. The van der Waals surface area contributed by atoms with Crippen molar-refractivity contribution in [1.29, 1.82) is 0 Å². The lowest BCUT2D eigenvalue weighted by Gasteiger charge is -2.20. The van der Waals surface area contributed by atoms with Crippen molar-refractivity contribution in [2.24, 2.45) is 5.73 Å². The van der Waals surface area contributed by atoms with Gasteiger partial charge in [-0.2, -0.15) is 13.2 Å². The van der Waals surface area contributed by atoms with Gasteiger partial charge in [-0.25, -0.2) is 0 Å². The summed E-state index contributed by atoms with van der Waals surface area (Å²) >= 11 is 0. The Labute approximate surface area is 152 Å². The Morgan fingerprint density at radius 3 is 1.59 bits per heavy atom. The van der Waals surface area contributed by atoms with E-state index in [-0.39, 0.29) is 39.3 Å². The molecule has 3 rings (SSSR count). The molecule has 0 spiro atoms. The minimum absolute atomic E-state index is 0.00279. The Hall–Kier alpha value is -3.48. The summed E-state index contributed by atoms with van der Waals surface area (Å²) in [6, 6.07) is 12.4. The van der Waals surface area contributed by atoms with E-state index in [0.717, 1.165) is 12.1 Å². The van der Waals surface area contributed by atoms with Gasteiger partial charge in [0, 0.05) is 16.7 Å². The summed E-state index contributed by atoms with van der Waals surface area (Å²) in [6.45, 7) is 0. The number of phenols is 2. The fraction of sp³-hybridized carbons (Fsp3) is 0.0500. The highest BCUT2D eigenvalue weighted by Gasteiger charge is 2.36. The number of carbonyl (C=O) groups is 1. The van der Waals surface area contributed by atoms with Crippen molar-refractivity contribution in [1.82, 2.24) is 0 Å². The smallest absolute Gasteiger partial charge is 0.417 e. The molecule has 0 unspecified atom stereocenters. The summed E-state index contributed by atoms with van der Waals surface area (Å²) in [6.07, 6.45) is -4.69. The molecule has 138 valence electrons. The van der Waals surface area contributed by atoms with Crippen molar-refractivity contribution < 1.29 is 28.2 Å². The van der Waals surface area contributed by atoms with E-state index in [4.69, 9.17) is 5.73 Å². The van der Waals surface area contributed by atoms with Gasteiger partial charge in [0.1, 0.15) is 11.5 Å². The van der Waals surface area contributed by atoms with Crippen LogP contribution in [0.1, 0.15) is 15.9 Å². The highest BCUT2D eigenvalue weighted by Crippen LogP contribution is 2.44. The number of halogens is 3. The summed E-state index contributed by atoms with van der Waals surface area (Å²) < 4.78 is 41.1. The maximum Gasteiger partial charge on any atom is 0.417 e. The Balaban J connectivity index is 2.45. The first-order valence-electron chi connectivity index (χ1n) is 7.81. The first-order valence-corrected chi connectivity index (χ1v) is 7.81. The summed E-state index contributed by atoms with van der Waals surface area (Å²) in [5.74, 6) is -1.06. The zero-order chi connectivity index (χ0) is 19.8. The van der Waals surface area contributed by atoms with Crippen LogP contribution < -0.4 is 5.73 Å². The van der Waals surface area contributed by atoms with E-state index in [0.29, 0.717) is 0 Å². The molecule has 7 heteroatoms. The second-order valence-corrected chi connectivity index (χ2v) is 5.87. The lowest BCUT2D eigenvalue weighted by atomic mass is 9.86. The van der Waals surface area contributed by atoms with Crippen molar-refractivity contribution >= 4 is 5.91 Å². The molecule has 0 atom stereocenters. The molecule has 0 fully saturated rings. The molecule has 4 nitrogen and oxygen atoms in total. The molecule has 0 saturated carbocycles. The van der Waals surface area contributed by atoms with Crippen molar-refractivity contribution in [2.75, 3.05) is 0 Å². The van der Waals surface area contributed by atoms with Gasteiger partial charge >= 0.3 is 6.18 Å². The van der Waals surface area contributed by atoms with E-state index in [2.05, 4.69) is 0 Å². The quantitative estimate of drug-likeness (QED) is 0.630. The number of aromatic hydroxyl groups is 2. The van der Waals surface area contributed by atoms with Crippen molar-refractivity contribution in [3.63, 3.8) is 0 Å². The molecule has 3 aromatic rings. The fourth-order valence-corrected chi connectivity index (χ4v) is 2.90. The van der Waals surface area contributed by atoms with E-state index in [1.165, 1.54) is 48.5 Å². The zero-order valence-electron chi connectivity index (χ0n) is 13.8. The number of hydrogen-bond donors (Lipinski definition) is 3. The van der Waals surface area contributed by atoms with Crippen LogP contribution in [-0.4, -0.2) is 16.1 Å². The Morgan fingerprint density at radius 1 is 0.741 bits per heavy atom. The van der Waals surface area contributed by atoms with E-state index in [1.807, 2.05) is 0 Å². The predicted octanol–water partition coefficient (Wildman–Crippen LogP) is 4.55. The Kier molecular flexibility index (Phi) is 4.53. The number of primary amides is 1. The predicted molar refractivity (Wildman–Crippen MR) is 94.2 cm³/mol. The third-order valence-electron chi connectivity index (χ3n) is 4.09. The van der Waals surface area contributed by atoms with Gasteiger partial charge in [0.05, 0.1) is 5.56 Å². The fourth-order valence-electron chi connectivity index (χ4n) is 2.90. The molecule has 3 aromatic carbocycles. The summed E-state index contributed by atoms with van der Waals surface area (Å²) in [4.78, 5) is 11.9. The molecule has 27 heavy (non-hydrogen) atoms. The molecular weight excluding hydrogens is 359 g/mol. The van der Waals surface area contributed by atoms with Crippen molar-refractivity contribution in [2.45, 2.75) is 6.18 Å². The van der Waals surface area contributed by atoms with Gasteiger partial charge in [-0.05, 0) is 47.5 Å². The number of nitrogens with two attached hydrogens (primary N) is 1. The van der Waals surface area contributed by atoms with E-state index in [1.54, 1.807) is 0 Å². The first-order chi connectivity index (χ1) is 12.7. The van der Waals surface area contributed by atoms with Crippen LogP contribution in [0.5, 0.6) is 11.5 Å². The number of hydrogen-bond acceptors (Lipinski definition) is 3. The van der Waals surface area contributed by atoms with Gasteiger partial charge in [0.15, 0.2) is 0 Å². The van der Waals surface area contributed by atoms with Crippen LogP contribution >= 0.6 is 0 Å². The number of benzene rings is 3. The van der Waals surface area contributed by atoms with E-state index in [9.17, 15) is 28.2 Å². The molecule has 0 aliphatic heterocycles. The van der Waals surface area contributed by atoms with Gasteiger partial charge < -0.3 is 15.9 Å². The highest BCUT2D eigenvalue weighted by molar-refractivity contribution is 6.05. The molecule has 4 N–H and O–H groups in total. The molecule has 0 aromatic heterocycles. The molecule has 0 radical (unpaired) electrons. The standard InChI is InChI=1S/C20H14F3NO3/c21-20(22,23)16-10-9-15(19(24)27)17(11-1-5-13(25)6-2-11)18(16)12-3-7-14(26)8-4-12/h1-10,25-26H,(H2,24,27). The third-order valence-corrected chi connectivity index (χ3v) is 4.09. The van der Waals surface area contributed by atoms with Gasteiger partial charge in [0.25, 0.3) is 0 Å². The maximum atomic E-state index is 13.7. The second-order valence-electron chi connectivity index (χ2n) is 5.87. The van der Waals surface area contributed by atoms with Crippen LogP contribution in [0.3, 0.4) is 0 Å². The molecule has 0 heterocycles. The average Bonchev–Trinajstić information content (AvgIpc) is 2.61. The minimum Gasteiger partial charge on any atom is -0.508 e. The second kappa shape index (κ2) is 6.68. The van der Waals surface area contributed by atoms with Gasteiger partial charge in [0.2, 0.25) is 5.91 Å². The van der Waals surface area contributed by atoms with Crippen LogP contribution in [0.15, 0.2) is 60.7 Å². The number of alkyl halides is 3. The molecular formula is C20H14F3NO3. The average molecular weight is 373 g/mol. The number of carbonyl (C=O) groups excluding carboxylic acids is 1. The SMILES string of the molecule is NC(=O)c1ccc(C(F)(F)F)c(-c2ccc(O)cc2)c1-c1ccc(O)cc1. The monoisotopic (exact) mass is 373 g/mol. The highest BCUT2D eigenvalue weighted by atomic mass is 19.4. The number of amides is 1. The van der Waals surface area contributed by atoms with Crippen LogP contribution in [0.2, 0.25) is 0 Å². The van der Waals surface area contributed by atoms with E-state index < -0.39 is 17.6 Å². The molecule has 0 aliphatic carbocycles. The van der Waals surface area contributed by atoms with Crippen LogP contribution in [-0.2, 0) is 6.18 Å². The summed E-state index contributed by atoms with van der Waals surface area (Å²) in [5.41, 5.74) is 4.59. The van der Waals surface area contributed by atoms with E-state index >= 15 is 0 Å². The normalized spacial score (nSPS) is 11.4. The lowest BCUT2D eigenvalue weighted by Crippen LogP contribution is -2.16.